The molecule has 0 bridgehead atoms. The number of aryl methyl sites for hydroxylation is 1. The first-order valence-electron chi connectivity index (χ1n) is 10.1. The van der Waals surface area contributed by atoms with E-state index in [0.717, 1.165) is 23.2 Å². The highest BCUT2D eigenvalue weighted by Crippen LogP contribution is 2.38. The SMILES string of the molecule is CCc1cc(C(C)(O)c2cccc(C(F)(F)F)c2)ccc1B1OC(C)(C)C(C)(C)O1. The molecule has 1 N–H and O–H groups in total. The molecule has 2 aromatic carbocycles. The molecule has 1 heterocycles. The van der Waals surface area contributed by atoms with Gasteiger partial charge in [0.15, 0.2) is 0 Å². The van der Waals surface area contributed by atoms with Crippen molar-refractivity contribution in [2.24, 2.45) is 0 Å². The molecule has 1 aliphatic rings. The maximum atomic E-state index is 13.1. The number of alkyl halides is 3. The van der Waals surface area contributed by atoms with Gasteiger partial charge in [-0.1, -0.05) is 37.3 Å². The average Bonchev–Trinajstić information content (AvgIpc) is 2.87. The van der Waals surface area contributed by atoms with Gasteiger partial charge >= 0.3 is 13.3 Å². The molecule has 3 rings (SSSR count). The van der Waals surface area contributed by atoms with Gasteiger partial charge in [0.25, 0.3) is 0 Å². The summed E-state index contributed by atoms with van der Waals surface area (Å²) in [7, 11) is -0.544. The largest absolute Gasteiger partial charge is 0.495 e. The van der Waals surface area contributed by atoms with Crippen molar-refractivity contribution in [2.75, 3.05) is 0 Å². The van der Waals surface area contributed by atoms with E-state index >= 15 is 0 Å². The van der Waals surface area contributed by atoms with Gasteiger partial charge in [0, 0.05) is 0 Å². The van der Waals surface area contributed by atoms with E-state index in [1.165, 1.54) is 19.1 Å². The molecular formula is C23H28BF3O3. The Morgan fingerprint density at radius 2 is 1.43 bits per heavy atom. The summed E-state index contributed by atoms with van der Waals surface area (Å²) in [5.41, 5.74) is -0.861. The van der Waals surface area contributed by atoms with Gasteiger partial charge in [-0.3, -0.25) is 0 Å². The first kappa shape index (κ1) is 22.9. The van der Waals surface area contributed by atoms with Crippen LogP contribution >= 0.6 is 0 Å². The van der Waals surface area contributed by atoms with Crippen LogP contribution in [0, 0.1) is 0 Å². The van der Waals surface area contributed by atoms with Crippen LogP contribution in [-0.2, 0) is 27.5 Å². The third kappa shape index (κ3) is 4.03. The third-order valence-corrected chi connectivity index (χ3v) is 6.35. The van der Waals surface area contributed by atoms with Gasteiger partial charge in [-0.15, -0.1) is 0 Å². The fourth-order valence-electron chi connectivity index (χ4n) is 3.58. The van der Waals surface area contributed by atoms with Gasteiger partial charge < -0.3 is 14.4 Å². The number of aliphatic hydroxyl groups is 1. The Balaban J connectivity index is 1.99. The Kier molecular flexibility index (Phi) is 5.63. The molecular weight excluding hydrogens is 392 g/mol. The molecule has 1 aliphatic heterocycles. The molecule has 1 fully saturated rings. The molecule has 7 heteroatoms. The molecule has 1 saturated heterocycles. The lowest BCUT2D eigenvalue weighted by atomic mass is 9.73. The Bertz CT molecular complexity index is 920. The Morgan fingerprint density at radius 1 is 0.900 bits per heavy atom. The predicted molar refractivity (Wildman–Crippen MR) is 112 cm³/mol. The second-order valence-corrected chi connectivity index (χ2v) is 9.01. The topological polar surface area (TPSA) is 38.7 Å². The first-order chi connectivity index (χ1) is 13.7. The minimum Gasteiger partial charge on any atom is -0.399 e. The Morgan fingerprint density at radius 3 is 1.97 bits per heavy atom. The highest BCUT2D eigenvalue weighted by atomic mass is 19.4. The fraction of sp³-hybridized carbons (Fsp3) is 0.478. The number of benzene rings is 2. The van der Waals surface area contributed by atoms with Gasteiger partial charge in [-0.2, -0.15) is 13.2 Å². The van der Waals surface area contributed by atoms with E-state index in [4.69, 9.17) is 9.31 Å². The van der Waals surface area contributed by atoms with Crippen LogP contribution in [-0.4, -0.2) is 23.4 Å². The van der Waals surface area contributed by atoms with Crippen LogP contribution < -0.4 is 5.46 Å². The summed E-state index contributed by atoms with van der Waals surface area (Å²) in [4.78, 5) is 0. The summed E-state index contributed by atoms with van der Waals surface area (Å²) < 4.78 is 51.6. The molecule has 1 atom stereocenters. The van der Waals surface area contributed by atoms with Gasteiger partial charge in [-0.25, -0.2) is 0 Å². The number of hydrogen-bond donors (Lipinski definition) is 1. The van der Waals surface area contributed by atoms with Gasteiger partial charge in [0.2, 0.25) is 0 Å². The minimum atomic E-state index is -4.47. The van der Waals surface area contributed by atoms with Crippen molar-refractivity contribution in [2.45, 2.75) is 70.9 Å². The maximum Gasteiger partial charge on any atom is 0.495 e. The molecule has 162 valence electrons. The van der Waals surface area contributed by atoms with Crippen LogP contribution in [0.2, 0.25) is 0 Å². The van der Waals surface area contributed by atoms with Gasteiger partial charge in [0.1, 0.15) is 5.60 Å². The quantitative estimate of drug-likeness (QED) is 0.721. The third-order valence-electron chi connectivity index (χ3n) is 6.35. The number of hydrogen-bond acceptors (Lipinski definition) is 3. The van der Waals surface area contributed by atoms with Crippen LogP contribution in [0.1, 0.15) is 63.8 Å². The van der Waals surface area contributed by atoms with Crippen LogP contribution in [0.25, 0.3) is 0 Å². The summed E-state index contributed by atoms with van der Waals surface area (Å²) >= 11 is 0. The van der Waals surface area contributed by atoms with E-state index in [2.05, 4.69) is 0 Å². The average molecular weight is 420 g/mol. The van der Waals surface area contributed by atoms with Crippen molar-refractivity contribution in [3.05, 3.63) is 64.7 Å². The smallest absolute Gasteiger partial charge is 0.399 e. The highest BCUT2D eigenvalue weighted by molar-refractivity contribution is 6.62. The molecule has 0 aliphatic carbocycles. The van der Waals surface area contributed by atoms with E-state index in [1.807, 2.05) is 46.8 Å². The molecule has 0 aromatic heterocycles. The van der Waals surface area contributed by atoms with E-state index in [-0.39, 0.29) is 5.56 Å². The Hall–Kier alpha value is -1.83. The second kappa shape index (κ2) is 7.40. The molecule has 2 aromatic rings. The second-order valence-electron chi connectivity index (χ2n) is 9.01. The van der Waals surface area contributed by atoms with Gasteiger partial charge in [-0.05, 0) is 75.3 Å². The van der Waals surface area contributed by atoms with Crippen LogP contribution in [0.3, 0.4) is 0 Å². The highest BCUT2D eigenvalue weighted by Gasteiger charge is 2.52. The lowest BCUT2D eigenvalue weighted by Gasteiger charge is -2.32. The van der Waals surface area contributed by atoms with Crippen molar-refractivity contribution >= 4 is 12.6 Å². The van der Waals surface area contributed by atoms with Crippen molar-refractivity contribution in [3.63, 3.8) is 0 Å². The minimum absolute atomic E-state index is 0.183. The van der Waals surface area contributed by atoms with Crippen LogP contribution in [0.5, 0.6) is 0 Å². The fourth-order valence-corrected chi connectivity index (χ4v) is 3.58. The summed E-state index contributed by atoms with van der Waals surface area (Å²) in [5, 5.41) is 11.2. The zero-order valence-corrected chi connectivity index (χ0v) is 18.2. The van der Waals surface area contributed by atoms with Crippen molar-refractivity contribution in [1.29, 1.82) is 0 Å². The van der Waals surface area contributed by atoms with E-state index in [9.17, 15) is 18.3 Å². The van der Waals surface area contributed by atoms with Gasteiger partial charge in [0.05, 0.1) is 16.8 Å². The number of rotatable bonds is 4. The molecule has 30 heavy (non-hydrogen) atoms. The molecule has 1 unspecified atom stereocenters. The van der Waals surface area contributed by atoms with E-state index < -0.39 is 35.7 Å². The lowest BCUT2D eigenvalue weighted by Crippen LogP contribution is -2.41. The molecule has 0 saturated carbocycles. The Labute approximate surface area is 176 Å². The molecule has 0 radical (unpaired) electrons. The normalized spacial score (nSPS) is 20.3. The summed E-state index contributed by atoms with van der Waals surface area (Å²) in [5.74, 6) is 0. The number of halogens is 3. The van der Waals surface area contributed by atoms with Crippen molar-refractivity contribution < 1.29 is 27.6 Å². The lowest BCUT2D eigenvalue weighted by molar-refractivity contribution is -0.137. The predicted octanol–water partition coefficient (Wildman–Crippen LogP) is 4.82. The monoisotopic (exact) mass is 420 g/mol. The molecule has 0 spiro atoms. The van der Waals surface area contributed by atoms with Crippen LogP contribution in [0.4, 0.5) is 13.2 Å². The molecule has 0 amide bonds. The van der Waals surface area contributed by atoms with Crippen molar-refractivity contribution in [1.82, 2.24) is 0 Å². The van der Waals surface area contributed by atoms with E-state index in [0.29, 0.717) is 12.0 Å². The summed E-state index contributed by atoms with van der Waals surface area (Å²) in [6.45, 7) is 11.4. The zero-order chi connectivity index (χ0) is 22.5. The van der Waals surface area contributed by atoms with Crippen molar-refractivity contribution in [3.8, 4) is 0 Å². The standard InChI is InChI=1S/C23H28BF3O3/c1-7-15-13-17(11-12-19(15)24-29-20(2,3)21(4,5)30-24)22(6,28)16-9-8-10-18(14-16)23(25,26)27/h8-14,28H,7H2,1-6H3. The first-order valence-corrected chi connectivity index (χ1v) is 10.1. The summed E-state index contributed by atoms with van der Waals surface area (Å²) in [6.07, 6.45) is -3.81. The molecule has 3 nitrogen and oxygen atoms in total. The summed E-state index contributed by atoms with van der Waals surface area (Å²) in [6, 6.07) is 10.2. The van der Waals surface area contributed by atoms with Crippen LogP contribution in [0.15, 0.2) is 42.5 Å². The maximum absolute atomic E-state index is 13.1. The zero-order valence-electron chi connectivity index (χ0n) is 18.2. The van der Waals surface area contributed by atoms with E-state index in [1.54, 1.807) is 6.07 Å².